The minimum absolute atomic E-state index is 0.411. The molecule has 3 unspecified atom stereocenters. The van der Waals surface area contributed by atoms with Gasteiger partial charge in [0, 0.05) is 0 Å². The predicted octanol–water partition coefficient (Wildman–Crippen LogP) is 3.25. The molecule has 2 aliphatic rings. The van der Waals surface area contributed by atoms with Crippen molar-refractivity contribution in [3.05, 3.63) is 0 Å². The lowest BCUT2D eigenvalue weighted by Gasteiger charge is -2.40. The van der Waals surface area contributed by atoms with E-state index in [0.29, 0.717) is 12.2 Å². The summed E-state index contributed by atoms with van der Waals surface area (Å²) in [6.45, 7) is 8.74. The Labute approximate surface area is 99.7 Å². The van der Waals surface area contributed by atoms with E-state index in [1.165, 1.54) is 25.7 Å². The van der Waals surface area contributed by atoms with Gasteiger partial charge in [0.25, 0.3) is 0 Å². The minimum Gasteiger partial charge on any atom is -0.375 e. The summed E-state index contributed by atoms with van der Waals surface area (Å²) < 4.78 is 11.4. The molecule has 0 aromatic rings. The van der Waals surface area contributed by atoms with Crippen LogP contribution in [0, 0.1) is 17.8 Å². The molecule has 16 heavy (non-hydrogen) atoms. The van der Waals surface area contributed by atoms with Crippen molar-refractivity contribution in [3.63, 3.8) is 0 Å². The van der Waals surface area contributed by atoms with Crippen LogP contribution in [-0.2, 0) is 9.47 Å². The number of hydrogen-bond donors (Lipinski definition) is 0. The lowest BCUT2D eigenvalue weighted by atomic mass is 9.72. The summed E-state index contributed by atoms with van der Waals surface area (Å²) in [4.78, 5) is 0. The SMILES string of the molecule is CCC1CC(C)CC(CC)C1OCC1CO1. The topological polar surface area (TPSA) is 21.8 Å². The monoisotopic (exact) mass is 226 g/mol. The molecule has 0 amide bonds. The summed E-state index contributed by atoms with van der Waals surface area (Å²) >= 11 is 0. The Morgan fingerprint density at radius 3 is 2.12 bits per heavy atom. The van der Waals surface area contributed by atoms with Crippen molar-refractivity contribution < 1.29 is 9.47 Å². The molecule has 1 aliphatic carbocycles. The maximum Gasteiger partial charge on any atom is 0.104 e. The van der Waals surface area contributed by atoms with E-state index < -0.39 is 0 Å². The largest absolute Gasteiger partial charge is 0.375 e. The van der Waals surface area contributed by atoms with Crippen LogP contribution in [0.25, 0.3) is 0 Å². The zero-order chi connectivity index (χ0) is 11.5. The van der Waals surface area contributed by atoms with Crippen molar-refractivity contribution in [2.45, 2.75) is 58.7 Å². The van der Waals surface area contributed by atoms with Crippen molar-refractivity contribution in [3.8, 4) is 0 Å². The average Bonchev–Trinajstić information content (AvgIpc) is 3.10. The molecule has 1 heterocycles. The van der Waals surface area contributed by atoms with Crippen LogP contribution in [0.4, 0.5) is 0 Å². The Bertz CT molecular complexity index is 199. The van der Waals surface area contributed by atoms with Gasteiger partial charge in [-0.2, -0.15) is 0 Å². The molecule has 1 saturated heterocycles. The number of ether oxygens (including phenoxy) is 2. The van der Waals surface area contributed by atoms with E-state index in [0.717, 1.165) is 31.0 Å². The van der Waals surface area contributed by atoms with Crippen LogP contribution in [0.15, 0.2) is 0 Å². The summed E-state index contributed by atoms with van der Waals surface area (Å²) in [7, 11) is 0. The first-order chi connectivity index (χ1) is 7.74. The first-order valence-electron chi connectivity index (χ1n) is 6.97. The fourth-order valence-electron chi connectivity index (χ4n) is 3.24. The molecule has 2 heteroatoms. The van der Waals surface area contributed by atoms with Gasteiger partial charge in [-0.25, -0.2) is 0 Å². The van der Waals surface area contributed by atoms with Crippen LogP contribution >= 0.6 is 0 Å². The second kappa shape index (κ2) is 5.50. The highest BCUT2D eigenvalue weighted by Crippen LogP contribution is 2.38. The standard InChI is InChI=1S/C14H26O2/c1-4-11-6-10(3)7-12(5-2)14(11)16-9-13-8-15-13/h10-14H,4-9H2,1-3H3. The molecule has 0 aromatic heterocycles. The molecular weight excluding hydrogens is 200 g/mol. The molecule has 3 atom stereocenters. The molecule has 94 valence electrons. The van der Waals surface area contributed by atoms with Crippen LogP contribution < -0.4 is 0 Å². The van der Waals surface area contributed by atoms with Gasteiger partial charge >= 0.3 is 0 Å². The van der Waals surface area contributed by atoms with Crippen molar-refractivity contribution >= 4 is 0 Å². The van der Waals surface area contributed by atoms with E-state index in [1.807, 2.05) is 0 Å². The molecule has 1 aliphatic heterocycles. The molecule has 0 N–H and O–H groups in total. The average molecular weight is 226 g/mol. The van der Waals surface area contributed by atoms with E-state index in [-0.39, 0.29) is 0 Å². The third-order valence-electron chi connectivity index (χ3n) is 4.27. The third-order valence-corrected chi connectivity index (χ3v) is 4.27. The van der Waals surface area contributed by atoms with E-state index >= 15 is 0 Å². The highest BCUT2D eigenvalue weighted by molar-refractivity contribution is 4.85. The van der Waals surface area contributed by atoms with Crippen molar-refractivity contribution in [1.82, 2.24) is 0 Å². The Balaban J connectivity index is 1.90. The van der Waals surface area contributed by atoms with E-state index in [9.17, 15) is 0 Å². The van der Waals surface area contributed by atoms with E-state index in [2.05, 4.69) is 20.8 Å². The van der Waals surface area contributed by atoms with Crippen molar-refractivity contribution in [2.24, 2.45) is 17.8 Å². The van der Waals surface area contributed by atoms with Crippen LogP contribution in [0.3, 0.4) is 0 Å². The van der Waals surface area contributed by atoms with E-state index in [1.54, 1.807) is 0 Å². The first-order valence-corrected chi connectivity index (χ1v) is 6.97. The molecule has 1 saturated carbocycles. The van der Waals surface area contributed by atoms with Gasteiger partial charge in [0.1, 0.15) is 6.10 Å². The quantitative estimate of drug-likeness (QED) is 0.671. The first kappa shape index (κ1) is 12.4. The van der Waals surface area contributed by atoms with Crippen molar-refractivity contribution in [1.29, 1.82) is 0 Å². The summed E-state index contributed by atoms with van der Waals surface area (Å²) in [5.41, 5.74) is 0. The maximum atomic E-state index is 6.14. The van der Waals surface area contributed by atoms with Gasteiger partial charge in [-0.3, -0.25) is 0 Å². The number of epoxide rings is 1. The minimum atomic E-state index is 0.411. The summed E-state index contributed by atoms with van der Waals surface area (Å²) in [5, 5.41) is 0. The summed E-state index contributed by atoms with van der Waals surface area (Å²) in [6.07, 6.45) is 6.13. The second-order valence-electron chi connectivity index (χ2n) is 5.67. The third kappa shape index (κ3) is 2.98. The zero-order valence-electron chi connectivity index (χ0n) is 10.9. The van der Waals surface area contributed by atoms with Crippen LogP contribution in [0.1, 0.15) is 46.5 Å². The Hall–Kier alpha value is -0.0800. The van der Waals surface area contributed by atoms with Gasteiger partial charge in [-0.05, 0) is 30.6 Å². The van der Waals surface area contributed by atoms with Gasteiger partial charge in [-0.1, -0.05) is 33.6 Å². The fraction of sp³-hybridized carbons (Fsp3) is 1.00. The molecular formula is C14H26O2. The van der Waals surface area contributed by atoms with Gasteiger partial charge in [0.05, 0.1) is 19.3 Å². The number of rotatable bonds is 5. The van der Waals surface area contributed by atoms with Gasteiger partial charge in [-0.15, -0.1) is 0 Å². The molecule has 2 rings (SSSR count). The lowest BCUT2D eigenvalue weighted by molar-refractivity contribution is -0.0659. The lowest BCUT2D eigenvalue weighted by Crippen LogP contribution is -2.39. The second-order valence-corrected chi connectivity index (χ2v) is 5.67. The van der Waals surface area contributed by atoms with Crippen LogP contribution in [-0.4, -0.2) is 25.4 Å². The van der Waals surface area contributed by atoms with Gasteiger partial charge in [0.2, 0.25) is 0 Å². The molecule has 2 nitrogen and oxygen atoms in total. The molecule has 0 aromatic carbocycles. The van der Waals surface area contributed by atoms with Crippen molar-refractivity contribution in [2.75, 3.05) is 13.2 Å². The Morgan fingerprint density at radius 2 is 1.69 bits per heavy atom. The van der Waals surface area contributed by atoms with Crippen LogP contribution in [0.5, 0.6) is 0 Å². The fourth-order valence-corrected chi connectivity index (χ4v) is 3.24. The molecule has 0 radical (unpaired) electrons. The highest BCUT2D eigenvalue weighted by Gasteiger charge is 2.36. The maximum absolute atomic E-state index is 6.14. The molecule has 0 bridgehead atoms. The number of hydrogen-bond acceptors (Lipinski definition) is 2. The summed E-state index contributed by atoms with van der Waals surface area (Å²) in [6, 6.07) is 0. The smallest absolute Gasteiger partial charge is 0.104 e. The molecule has 0 spiro atoms. The van der Waals surface area contributed by atoms with Crippen LogP contribution in [0.2, 0.25) is 0 Å². The Morgan fingerprint density at radius 1 is 1.12 bits per heavy atom. The highest BCUT2D eigenvalue weighted by atomic mass is 16.6. The normalized spacial score (nSPS) is 43.3. The van der Waals surface area contributed by atoms with Gasteiger partial charge in [0.15, 0.2) is 0 Å². The predicted molar refractivity (Wildman–Crippen MR) is 65.4 cm³/mol. The zero-order valence-corrected chi connectivity index (χ0v) is 10.9. The van der Waals surface area contributed by atoms with Gasteiger partial charge < -0.3 is 9.47 Å². The molecule has 2 fully saturated rings. The summed E-state index contributed by atoms with van der Waals surface area (Å²) in [5.74, 6) is 2.42. The van der Waals surface area contributed by atoms with E-state index in [4.69, 9.17) is 9.47 Å². The Kier molecular flexibility index (Phi) is 4.26.